The Morgan fingerprint density at radius 2 is 1.84 bits per heavy atom. The molecule has 1 aromatic heterocycles. The van der Waals surface area contributed by atoms with Crippen molar-refractivity contribution in [2.45, 2.75) is 6.61 Å². The molecular weight excluding hydrogens is 336 g/mol. The fourth-order valence-corrected chi connectivity index (χ4v) is 3.06. The van der Waals surface area contributed by atoms with Gasteiger partial charge in [-0.2, -0.15) is 5.26 Å². The molecule has 0 aliphatic heterocycles. The number of thiazole rings is 1. The number of nitriles is 1. The summed E-state index contributed by atoms with van der Waals surface area (Å²) in [6, 6.07) is 14.9. The molecule has 0 spiro atoms. The summed E-state index contributed by atoms with van der Waals surface area (Å²) in [7, 11) is 3.19. The minimum atomic E-state index is 0.328. The Hall–Kier alpha value is -3.04. The molecule has 0 bridgehead atoms. The number of nitrogens with zero attached hydrogens (tertiary/aromatic N) is 2. The number of hydrogen-bond acceptors (Lipinski definition) is 6. The van der Waals surface area contributed by atoms with Gasteiger partial charge in [-0.25, -0.2) is 4.98 Å². The van der Waals surface area contributed by atoms with Gasteiger partial charge in [-0.1, -0.05) is 0 Å². The number of aromatic nitrogens is 1. The largest absolute Gasteiger partial charge is 0.497 e. The molecule has 6 heteroatoms. The number of rotatable bonds is 6. The second kappa shape index (κ2) is 7.69. The summed E-state index contributed by atoms with van der Waals surface area (Å²) in [6.07, 6.45) is 0. The first-order chi connectivity index (χ1) is 12.2. The van der Waals surface area contributed by atoms with Crippen molar-refractivity contribution < 1.29 is 14.2 Å². The van der Waals surface area contributed by atoms with Gasteiger partial charge in [0.05, 0.1) is 31.5 Å². The minimum absolute atomic E-state index is 0.328. The summed E-state index contributed by atoms with van der Waals surface area (Å²) < 4.78 is 16.2. The lowest BCUT2D eigenvalue weighted by Crippen LogP contribution is -1.98. The summed E-state index contributed by atoms with van der Waals surface area (Å²) in [5, 5.41) is 11.8. The third-order valence-electron chi connectivity index (χ3n) is 3.56. The second-order valence-corrected chi connectivity index (χ2v) is 6.00. The summed E-state index contributed by atoms with van der Waals surface area (Å²) in [4.78, 5) is 4.60. The van der Waals surface area contributed by atoms with E-state index >= 15 is 0 Å². The standard InChI is InChI=1S/C19H16N2O3S/c1-22-16-6-4-14(5-7-16)19-21-15(12-25-19)11-24-17-8-3-13(10-20)9-18(17)23-2/h3-9,12H,11H2,1-2H3. The van der Waals surface area contributed by atoms with Gasteiger partial charge in [-0.15, -0.1) is 11.3 Å². The van der Waals surface area contributed by atoms with Crippen LogP contribution in [0.3, 0.4) is 0 Å². The molecule has 0 saturated carbocycles. The summed E-state index contributed by atoms with van der Waals surface area (Å²) in [6.45, 7) is 0.328. The van der Waals surface area contributed by atoms with Crippen LogP contribution in [0.5, 0.6) is 17.2 Å². The molecule has 1 heterocycles. The fourth-order valence-electron chi connectivity index (χ4n) is 2.25. The van der Waals surface area contributed by atoms with Crippen LogP contribution in [0.15, 0.2) is 47.8 Å². The highest BCUT2D eigenvalue weighted by Crippen LogP contribution is 2.30. The first-order valence-corrected chi connectivity index (χ1v) is 8.41. The highest BCUT2D eigenvalue weighted by atomic mass is 32.1. The molecule has 0 aliphatic rings. The zero-order chi connectivity index (χ0) is 17.6. The van der Waals surface area contributed by atoms with E-state index < -0.39 is 0 Å². The van der Waals surface area contributed by atoms with Crippen LogP contribution in [-0.2, 0) is 6.61 Å². The van der Waals surface area contributed by atoms with Crippen LogP contribution >= 0.6 is 11.3 Å². The summed E-state index contributed by atoms with van der Waals surface area (Å²) in [5.74, 6) is 1.93. The zero-order valence-electron chi connectivity index (χ0n) is 13.9. The van der Waals surface area contributed by atoms with Crippen LogP contribution in [-0.4, -0.2) is 19.2 Å². The number of ether oxygens (including phenoxy) is 3. The number of methoxy groups -OCH3 is 2. The number of benzene rings is 2. The highest BCUT2D eigenvalue weighted by Gasteiger charge is 2.09. The van der Waals surface area contributed by atoms with Crippen molar-refractivity contribution in [3.8, 4) is 33.9 Å². The maximum atomic E-state index is 8.94. The van der Waals surface area contributed by atoms with E-state index in [1.54, 1.807) is 43.8 Å². The first kappa shape index (κ1) is 16.8. The minimum Gasteiger partial charge on any atom is -0.497 e. The van der Waals surface area contributed by atoms with E-state index in [-0.39, 0.29) is 0 Å². The van der Waals surface area contributed by atoms with E-state index in [1.165, 1.54) is 0 Å². The zero-order valence-corrected chi connectivity index (χ0v) is 14.7. The normalized spacial score (nSPS) is 10.1. The monoisotopic (exact) mass is 352 g/mol. The highest BCUT2D eigenvalue weighted by molar-refractivity contribution is 7.13. The predicted molar refractivity (Wildman–Crippen MR) is 96.1 cm³/mol. The van der Waals surface area contributed by atoms with Crippen LogP contribution in [0, 0.1) is 11.3 Å². The fraction of sp³-hybridized carbons (Fsp3) is 0.158. The van der Waals surface area contributed by atoms with E-state index in [9.17, 15) is 0 Å². The Labute approximate surface area is 150 Å². The molecule has 5 nitrogen and oxygen atoms in total. The van der Waals surface area contributed by atoms with Crippen LogP contribution in [0.4, 0.5) is 0 Å². The third-order valence-corrected chi connectivity index (χ3v) is 4.50. The molecule has 0 amide bonds. The van der Waals surface area contributed by atoms with Crippen molar-refractivity contribution in [1.82, 2.24) is 4.98 Å². The lowest BCUT2D eigenvalue weighted by atomic mass is 10.2. The molecule has 3 rings (SSSR count). The molecule has 0 fully saturated rings. The molecule has 25 heavy (non-hydrogen) atoms. The molecule has 2 aromatic carbocycles. The van der Waals surface area contributed by atoms with Gasteiger partial charge in [0.15, 0.2) is 11.5 Å². The molecule has 0 atom stereocenters. The Morgan fingerprint density at radius 1 is 1.04 bits per heavy atom. The van der Waals surface area contributed by atoms with Gasteiger partial charge >= 0.3 is 0 Å². The summed E-state index contributed by atoms with van der Waals surface area (Å²) >= 11 is 1.56. The van der Waals surface area contributed by atoms with Crippen molar-refractivity contribution in [2.24, 2.45) is 0 Å². The number of hydrogen-bond donors (Lipinski definition) is 0. The predicted octanol–water partition coefficient (Wildman–Crippen LogP) is 4.28. The van der Waals surface area contributed by atoms with Crippen LogP contribution in [0.25, 0.3) is 10.6 Å². The van der Waals surface area contributed by atoms with Crippen LogP contribution < -0.4 is 14.2 Å². The Balaban J connectivity index is 1.70. The third kappa shape index (κ3) is 3.90. The topological polar surface area (TPSA) is 64.4 Å². The van der Waals surface area contributed by atoms with E-state index in [0.29, 0.717) is 23.7 Å². The van der Waals surface area contributed by atoms with Crippen molar-refractivity contribution >= 4 is 11.3 Å². The lowest BCUT2D eigenvalue weighted by molar-refractivity contribution is 0.281. The Kier molecular flexibility index (Phi) is 5.17. The molecule has 0 unspecified atom stereocenters. The molecule has 0 saturated heterocycles. The van der Waals surface area contributed by atoms with Crippen LogP contribution in [0.2, 0.25) is 0 Å². The van der Waals surface area contributed by atoms with Crippen molar-refractivity contribution in [3.05, 3.63) is 59.1 Å². The Morgan fingerprint density at radius 3 is 2.52 bits per heavy atom. The molecule has 3 aromatic rings. The van der Waals surface area contributed by atoms with Gasteiger partial charge in [-0.3, -0.25) is 0 Å². The van der Waals surface area contributed by atoms with Gasteiger partial charge in [0.25, 0.3) is 0 Å². The van der Waals surface area contributed by atoms with Gasteiger partial charge in [0.2, 0.25) is 0 Å². The lowest BCUT2D eigenvalue weighted by Gasteiger charge is -2.09. The van der Waals surface area contributed by atoms with E-state index in [1.807, 2.05) is 29.6 Å². The van der Waals surface area contributed by atoms with E-state index in [2.05, 4.69) is 11.1 Å². The maximum absolute atomic E-state index is 8.94. The SMILES string of the molecule is COc1ccc(-c2nc(COc3ccc(C#N)cc3OC)cs2)cc1. The molecule has 126 valence electrons. The van der Waals surface area contributed by atoms with Crippen molar-refractivity contribution in [1.29, 1.82) is 5.26 Å². The Bertz CT molecular complexity index is 898. The van der Waals surface area contributed by atoms with Crippen LogP contribution in [0.1, 0.15) is 11.3 Å². The van der Waals surface area contributed by atoms with Gasteiger partial charge in [0.1, 0.15) is 17.4 Å². The molecular formula is C19H16N2O3S. The molecule has 0 radical (unpaired) electrons. The average molecular weight is 352 g/mol. The average Bonchev–Trinajstić information content (AvgIpc) is 3.15. The quantitative estimate of drug-likeness (QED) is 0.662. The summed E-state index contributed by atoms with van der Waals surface area (Å²) in [5.41, 5.74) is 2.40. The smallest absolute Gasteiger partial charge is 0.162 e. The molecule has 0 N–H and O–H groups in total. The van der Waals surface area contributed by atoms with Gasteiger partial charge < -0.3 is 14.2 Å². The second-order valence-electron chi connectivity index (χ2n) is 5.14. The van der Waals surface area contributed by atoms with E-state index in [4.69, 9.17) is 19.5 Å². The van der Waals surface area contributed by atoms with E-state index in [0.717, 1.165) is 22.0 Å². The van der Waals surface area contributed by atoms with Gasteiger partial charge in [-0.05, 0) is 36.4 Å². The van der Waals surface area contributed by atoms with Crippen molar-refractivity contribution in [2.75, 3.05) is 14.2 Å². The van der Waals surface area contributed by atoms with Crippen molar-refractivity contribution in [3.63, 3.8) is 0 Å². The molecule has 0 aliphatic carbocycles. The van der Waals surface area contributed by atoms with Gasteiger partial charge in [0, 0.05) is 17.0 Å². The maximum Gasteiger partial charge on any atom is 0.162 e. The first-order valence-electron chi connectivity index (χ1n) is 7.53.